The third kappa shape index (κ3) is 4.76. The summed E-state index contributed by atoms with van der Waals surface area (Å²) >= 11 is 0. The molecule has 0 bridgehead atoms. The van der Waals surface area contributed by atoms with E-state index in [9.17, 15) is 0 Å². The van der Waals surface area contributed by atoms with Crippen LogP contribution >= 0.6 is 0 Å². The second-order valence-corrected chi connectivity index (χ2v) is 5.78. The van der Waals surface area contributed by atoms with Crippen molar-refractivity contribution in [3.05, 3.63) is 60.6 Å². The standard InChI is InChI=1S/C10H16O2.C8H10/c1-7(2)12-9-8(3)11-6-10(9,4)5;1-2-8-6-4-3-5-7-8/h9H,1,3,6H2,2,4-5H3;3-7H,2H2,1H3. The summed E-state index contributed by atoms with van der Waals surface area (Å²) in [6, 6.07) is 10.5. The largest absolute Gasteiger partial charge is 0.494 e. The first-order valence-electron chi connectivity index (χ1n) is 7.04. The van der Waals surface area contributed by atoms with Crippen LogP contribution in [-0.2, 0) is 15.9 Å². The van der Waals surface area contributed by atoms with Crippen molar-refractivity contribution in [2.24, 2.45) is 5.41 Å². The van der Waals surface area contributed by atoms with Crippen molar-refractivity contribution in [2.75, 3.05) is 6.61 Å². The maximum Gasteiger partial charge on any atom is 0.162 e. The lowest BCUT2D eigenvalue weighted by Crippen LogP contribution is -2.28. The number of rotatable bonds is 3. The van der Waals surface area contributed by atoms with Gasteiger partial charge in [-0.25, -0.2) is 0 Å². The number of hydrogen-bond donors (Lipinski definition) is 0. The Hall–Kier alpha value is -1.70. The number of ether oxygens (including phenoxy) is 2. The average molecular weight is 274 g/mol. The number of hydrogen-bond acceptors (Lipinski definition) is 2. The molecule has 110 valence electrons. The van der Waals surface area contributed by atoms with E-state index >= 15 is 0 Å². The quantitative estimate of drug-likeness (QED) is 0.742. The predicted molar refractivity (Wildman–Crippen MR) is 84.4 cm³/mol. The van der Waals surface area contributed by atoms with Crippen LogP contribution in [0.25, 0.3) is 0 Å². The van der Waals surface area contributed by atoms with E-state index in [1.54, 1.807) is 0 Å². The van der Waals surface area contributed by atoms with Gasteiger partial charge in [0.05, 0.1) is 12.4 Å². The van der Waals surface area contributed by atoms with Crippen LogP contribution in [0.5, 0.6) is 0 Å². The first-order valence-corrected chi connectivity index (χ1v) is 7.04. The molecular weight excluding hydrogens is 248 g/mol. The van der Waals surface area contributed by atoms with E-state index in [0.29, 0.717) is 18.1 Å². The molecule has 0 aromatic heterocycles. The summed E-state index contributed by atoms with van der Waals surface area (Å²) in [4.78, 5) is 0. The van der Waals surface area contributed by atoms with Crippen LogP contribution in [-0.4, -0.2) is 12.7 Å². The molecule has 2 rings (SSSR count). The van der Waals surface area contributed by atoms with Gasteiger partial charge >= 0.3 is 0 Å². The fourth-order valence-electron chi connectivity index (χ4n) is 2.01. The summed E-state index contributed by atoms with van der Waals surface area (Å²) in [5.41, 5.74) is 1.42. The normalized spacial score (nSPS) is 19.6. The Kier molecular flexibility index (Phi) is 5.87. The van der Waals surface area contributed by atoms with Crippen LogP contribution in [0.2, 0.25) is 0 Å². The molecule has 0 saturated carbocycles. The smallest absolute Gasteiger partial charge is 0.162 e. The zero-order valence-corrected chi connectivity index (χ0v) is 13.1. The van der Waals surface area contributed by atoms with E-state index in [0.717, 1.165) is 6.42 Å². The summed E-state index contributed by atoms with van der Waals surface area (Å²) in [7, 11) is 0. The van der Waals surface area contributed by atoms with Gasteiger partial charge in [0.1, 0.15) is 5.76 Å². The van der Waals surface area contributed by atoms with Crippen molar-refractivity contribution in [3.8, 4) is 0 Å². The van der Waals surface area contributed by atoms with Gasteiger partial charge in [-0.3, -0.25) is 0 Å². The minimum Gasteiger partial charge on any atom is -0.494 e. The van der Waals surface area contributed by atoms with Gasteiger partial charge in [-0.1, -0.05) is 64.3 Å². The first-order chi connectivity index (χ1) is 9.36. The van der Waals surface area contributed by atoms with Gasteiger partial charge in [-0.15, -0.1) is 0 Å². The molecule has 1 aliphatic rings. The van der Waals surface area contributed by atoms with Crippen LogP contribution in [0, 0.1) is 5.41 Å². The highest BCUT2D eigenvalue weighted by Gasteiger charge is 2.41. The van der Waals surface area contributed by atoms with Gasteiger partial charge in [-0.2, -0.15) is 0 Å². The lowest BCUT2D eigenvalue weighted by molar-refractivity contribution is 0.0720. The minimum absolute atomic E-state index is 0.00995. The SMILES string of the molecule is C=C(C)OC1C(=C)OCC1(C)C.CCc1ccccc1. The van der Waals surface area contributed by atoms with E-state index in [1.807, 2.05) is 13.0 Å². The molecule has 20 heavy (non-hydrogen) atoms. The molecule has 0 radical (unpaired) electrons. The predicted octanol–water partition coefficient (Wildman–Crippen LogP) is 4.72. The van der Waals surface area contributed by atoms with E-state index in [1.165, 1.54) is 5.56 Å². The highest BCUT2D eigenvalue weighted by molar-refractivity contribution is 5.13. The van der Waals surface area contributed by atoms with Crippen molar-refractivity contribution in [1.82, 2.24) is 0 Å². The molecular formula is C18H26O2. The molecule has 1 saturated heterocycles. The fraction of sp³-hybridized carbons (Fsp3) is 0.444. The van der Waals surface area contributed by atoms with E-state index < -0.39 is 0 Å². The Balaban J connectivity index is 0.000000217. The molecule has 0 amide bonds. The van der Waals surface area contributed by atoms with Crippen molar-refractivity contribution >= 4 is 0 Å². The molecule has 2 heteroatoms. The highest BCUT2D eigenvalue weighted by Crippen LogP contribution is 2.36. The third-order valence-electron chi connectivity index (χ3n) is 3.20. The summed E-state index contributed by atoms with van der Waals surface area (Å²) in [6.07, 6.45) is 1.09. The molecule has 1 unspecified atom stereocenters. The Morgan fingerprint density at radius 1 is 1.35 bits per heavy atom. The van der Waals surface area contributed by atoms with Crippen LogP contribution in [0.3, 0.4) is 0 Å². The third-order valence-corrected chi connectivity index (χ3v) is 3.20. The second kappa shape index (κ2) is 7.18. The number of benzene rings is 1. The van der Waals surface area contributed by atoms with Crippen molar-refractivity contribution in [2.45, 2.75) is 40.2 Å². The van der Waals surface area contributed by atoms with E-state index in [2.05, 4.69) is 58.2 Å². The first kappa shape index (κ1) is 16.4. The minimum atomic E-state index is -0.0463. The maximum atomic E-state index is 5.52. The lowest BCUT2D eigenvalue weighted by atomic mass is 9.89. The van der Waals surface area contributed by atoms with Gasteiger partial charge in [-0.05, 0) is 18.9 Å². The van der Waals surface area contributed by atoms with Crippen LogP contribution in [0.4, 0.5) is 0 Å². The Morgan fingerprint density at radius 3 is 2.30 bits per heavy atom. The van der Waals surface area contributed by atoms with Crippen molar-refractivity contribution in [3.63, 3.8) is 0 Å². The van der Waals surface area contributed by atoms with Gasteiger partial charge in [0.25, 0.3) is 0 Å². The number of allylic oxidation sites excluding steroid dienone is 1. The molecule has 1 aliphatic heterocycles. The van der Waals surface area contributed by atoms with E-state index in [-0.39, 0.29) is 11.5 Å². The Bertz CT molecular complexity index is 446. The fourth-order valence-corrected chi connectivity index (χ4v) is 2.01. The second-order valence-electron chi connectivity index (χ2n) is 5.78. The zero-order chi connectivity index (χ0) is 15.2. The summed E-state index contributed by atoms with van der Waals surface area (Å²) in [5, 5.41) is 0. The molecule has 2 nitrogen and oxygen atoms in total. The van der Waals surface area contributed by atoms with Gasteiger partial charge in [0, 0.05) is 5.41 Å². The van der Waals surface area contributed by atoms with Gasteiger partial charge in [0.15, 0.2) is 6.10 Å². The zero-order valence-electron chi connectivity index (χ0n) is 13.1. The van der Waals surface area contributed by atoms with Crippen LogP contribution < -0.4 is 0 Å². The molecule has 1 atom stereocenters. The molecule has 0 N–H and O–H groups in total. The summed E-state index contributed by atoms with van der Waals surface area (Å²) in [6.45, 7) is 16.4. The van der Waals surface area contributed by atoms with Crippen LogP contribution in [0.15, 0.2) is 55.0 Å². The highest BCUT2D eigenvalue weighted by atomic mass is 16.6. The molecule has 1 aromatic rings. The summed E-state index contributed by atoms with van der Waals surface area (Å²) in [5.74, 6) is 1.42. The molecule has 0 spiro atoms. The summed E-state index contributed by atoms with van der Waals surface area (Å²) < 4.78 is 10.8. The monoisotopic (exact) mass is 274 g/mol. The molecule has 1 heterocycles. The molecule has 1 fully saturated rings. The maximum absolute atomic E-state index is 5.52. The lowest BCUT2D eigenvalue weighted by Gasteiger charge is -2.24. The van der Waals surface area contributed by atoms with Crippen LogP contribution in [0.1, 0.15) is 33.3 Å². The average Bonchev–Trinajstić information content (AvgIpc) is 2.67. The number of aryl methyl sites for hydroxylation is 1. The Labute approximate surface area is 123 Å². The topological polar surface area (TPSA) is 18.5 Å². The molecule has 1 aromatic carbocycles. The van der Waals surface area contributed by atoms with Crippen molar-refractivity contribution < 1.29 is 9.47 Å². The van der Waals surface area contributed by atoms with Gasteiger partial charge < -0.3 is 9.47 Å². The van der Waals surface area contributed by atoms with E-state index in [4.69, 9.17) is 9.47 Å². The van der Waals surface area contributed by atoms with Crippen molar-refractivity contribution in [1.29, 1.82) is 0 Å². The molecule has 0 aliphatic carbocycles. The Morgan fingerprint density at radius 2 is 1.95 bits per heavy atom. The van der Waals surface area contributed by atoms with Gasteiger partial charge in [0.2, 0.25) is 0 Å².